The van der Waals surface area contributed by atoms with Crippen LogP contribution < -0.4 is 0 Å². The molecule has 0 saturated heterocycles. The normalized spacial score (nSPS) is 18.0. The van der Waals surface area contributed by atoms with Gasteiger partial charge in [-0.2, -0.15) is 0 Å². The van der Waals surface area contributed by atoms with E-state index in [-0.39, 0.29) is 5.22 Å². The van der Waals surface area contributed by atoms with Gasteiger partial charge in [0.2, 0.25) is 0 Å². The number of hydrogen-bond acceptors (Lipinski definition) is 2. The van der Waals surface area contributed by atoms with Gasteiger partial charge in [-0.15, -0.1) is 0 Å². The fraction of sp³-hybridized carbons (Fsp3) is 1.00. The predicted octanol–water partition coefficient (Wildman–Crippen LogP) is 5.77. The summed E-state index contributed by atoms with van der Waals surface area (Å²) in [6.45, 7) is 27.8. The van der Waals surface area contributed by atoms with Crippen LogP contribution in [0.15, 0.2) is 0 Å². The third kappa shape index (κ3) is 5.09. The Balaban J connectivity index is 5.38. The summed E-state index contributed by atoms with van der Waals surface area (Å²) in [5.74, 6) is 0. The molecule has 0 aromatic carbocycles. The van der Waals surface area contributed by atoms with Gasteiger partial charge >= 0.3 is 8.56 Å². The fourth-order valence-electron chi connectivity index (χ4n) is 2.74. The minimum atomic E-state index is -2.09. The third-order valence-electron chi connectivity index (χ3n) is 4.89. The molecule has 2 nitrogen and oxygen atoms in total. The van der Waals surface area contributed by atoms with E-state index in [1.807, 2.05) is 0 Å². The molecule has 0 aliphatic carbocycles. The average molecular weight is 335 g/mol. The maximum Gasteiger partial charge on any atom is 0.321 e. The van der Waals surface area contributed by atoms with Crippen molar-refractivity contribution in [1.29, 1.82) is 0 Å². The van der Waals surface area contributed by atoms with Crippen LogP contribution >= 0.6 is 0 Å². The average Bonchev–Trinajstić information content (AvgIpc) is 2.10. The topological polar surface area (TPSA) is 18.5 Å². The molecule has 0 spiro atoms. The summed E-state index contributed by atoms with van der Waals surface area (Å²) in [6, 6.07) is 0. The summed E-state index contributed by atoms with van der Waals surface area (Å²) < 4.78 is 13.2. The second-order valence-corrected chi connectivity index (χ2v) is 23.0. The van der Waals surface area contributed by atoms with E-state index in [2.05, 4.69) is 80.4 Å². The van der Waals surface area contributed by atoms with Crippen LogP contribution in [0.4, 0.5) is 0 Å². The molecule has 0 aliphatic heterocycles. The summed E-state index contributed by atoms with van der Waals surface area (Å²) in [5, 5.41) is 0.294. The molecule has 0 aliphatic rings. The van der Waals surface area contributed by atoms with Crippen LogP contribution in [0, 0.1) is 0 Å². The van der Waals surface area contributed by atoms with Gasteiger partial charge in [0, 0.05) is 5.22 Å². The van der Waals surface area contributed by atoms with Crippen molar-refractivity contribution in [3.05, 3.63) is 0 Å². The van der Waals surface area contributed by atoms with Crippen molar-refractivity contribution < 1.29 is 8.54 Å². The predicted molar refractivity (Wildman–Crippen MR) is 98.9 cm³/mol. The number of hydrogen-bond donors (Lipinski definition) is 0. The highest BCUT2D eigenvalue weighted by Gasteiger charge is 2.53. The van der Waals surface area contributed by atoms with E-state index in [9.17, 15) is 0 Å². The second kappa shape index (κ2) is 5.99. The molecule has 0 rings (SSSR count). The molecule has 0 fully saturated rings. The van der Waals surface area contributed by atoms with Crippen molar-refractivity contribution in [2.24, 2.45) is 0 Å². The lowest BCUT2D eigenvalue weighted by Crippen LogP contribution is -2.63. The molecule has 0 heterocycles. The van der Waals surface area contributed by atoms with Crippen LogP contribution in [0.2, 0.25) is 50.9 Å². The van der Waals surface area contributed by atoms with Crippen molar-refractivity contribution in [1.82, 2.24) is 0 Å². The van der Waals surface area contributed by atoms with Crippen LogP contribution in [0.25, 0.3) is 0 Å². The van der Waals surface area contributed by atoms with Gasteiger partial charge in [0.15, 0.2) is 8.32 Å². The molecule has 0 radical (unpaired) electrons. The quantitative estimate of drug-likeness (QED) is 0.574. The molecule has 1 atom stereocenters. The first-order valence-electron chi connectivity index (χ1n) is 7.88. The van der Waals surface area contributed by atoms with Gasteiger partial charge in [-0.1, -0.05) is 40.8 Å². The van der Waals surface area contributed by atoms with Crippen molar-refractivity contribution in [3.63, 3.8) is 0 Å². The van der Waals surface area contributed by atoms with Gasteiger partial charge in [0.05, 0.1) is 8.07 Å². The molecular formula is C15H38O2Si3. The largest absolute Gasteiger partial charge is 0.436 e. The Kier molecular flexibility index (Phi) is 6.16. The van der Waals surface area contributed by atoms with Crippen LogP contribution in [-0.4, -0.2) is 30.2 Å². The molecule has 0 N–H and O–H groups in total. The molecule has 0 aromatic heterocycles. The van der Waals surface area contributed by atoms with Crippen molar-refractivity contribution >= 4 is 25.0 Å². The van der Waals surface area contributed by atoms with Gasteiger partial charge < -0.3 is 8.54 Å². The van der Waals surface area contributed by atoms with Gasteiger partial charge in [-0.3, -0.25) is 0 Å². The Labute approximate surface area is 131 Å². The van der Waals surface area contributed by atoms with E-state index in [0.29, 0.717) is 5.04 Å². The molecular weight excluding hydrogens is 296 g/mol. The monoisotopic (exact) mass is 334 g/mol. The zero-order valence-corrected chi connectivity index (χ0v) is 19.0. The Morgan fingerprint density at radius 1 is 0.800 bits per heavy atom. The fourth-order valence-corrected chi connectivity index (χ4v) is 14.3. The molecule has 20 heavy (non-hydrogen) atoms. The van der Waals surface area contributed by atoms with E-state index in [0.717, 1.165) is 6.42 Å². The minimum absolute atomic E-state index is 0.0272. The van der Waals surface area contributed by atoms with E-state index >= 15 is 0 Å². The van der Waals surface area contributed by atoms with E-state index in [1.165, 1.54) is 0 Å². The lowest BCUT2D eigenvalue weighted by molar-refractivity contribution is 0.114. The van der Waals surface area contributed by atoms with Crippen molar-refractivity contribution in [2.45, 2.75) is 97.1 Å². The Hall–Kier alpha value is 0.571. The lowest BCUT2D eigenvalue weighted by atomic mass is 10.2. The Morgan fingerprint density at radius 2 is 1.20 bits per heavy atom. The Morgan fingerprint density at radius 3 is 1.45 bits per heavy atom. The van der Waals surface area contributed by atoms with Crippen LogP contribution in [0.1, 0.15) is 41.0 Å². The molecule has 0 saturated carbocycles. The summed E-state index contributed by atoms with van der Waals surface area (Å²) >= 11 is 0. The van der Waals surface area contributed by atoms with E-state index in [1.54, 1.807) is 0 Å². The maximum absolute atomic E-state index is 6.76. The van der Waals surface area contributed by atoms with Crippen LogP contribution in [0.3, 0.4) is 0 Å². The highest BCUT2D eigenvalue weighted by atomic mass is 28.4. The minimum Gasteiger partial charge on any atom is -0.436 e. The highest BCUT2D eigenvalue weighted by molar-refractivity contribution is 6.85. The lowest BCUT2D eigenvalue weighted by Gasteiger charge is -2.53. The van der Waals surface area contributed by atoms with Gasteiger partial charge in [0.25, 0.3) is 0 Å². The molecule has 1 unspecified atom stereocenters. The smallest absolute Gasteiger partial charge is 0.321 e. The summed E-state index contributed by atoms with van der Waals surface area (Å²) in [5.41, 5.74) is 0. The zero-order chi connectivity index (χ0) is 16.6. The first-order chi connectivity index (χ1) is 8.47. The summed E-state index contributed by atoms with van der Waals surface area (Å²) in [4.78, 5) is 0. The van der Waals surface area contributed by atoms with Crippen molar-refractivity contribution in [3.8, 4) is 0 Å². The molecule has 0 amide bonds. The Bertz CT molecular complexity index is 327. The van der Waals surface area contributed by atoms with E-state index < -0.39 is 25.0 Å². The SMILES string of the molecule is CCC(C)(O[Si](C)(C)O[Si](C)(C)C)[Si](C)(C)C(C)(C)C. The standard InChI is InChI=1S/C15H38O2Si3/c1-13-15(5,19(9,10)14(2,3)4)16-20(11,12)17-18(6,7)8/h13H2,1-12H3. The molecule has 0 bridgehead atoms. The van der Waals surface area contributed by atoms with Gasteiger partial charge in [-0.25, -0.2) is 0 Å². The molecule has 5 heteroatoms. The maximum atomic E-state index is 6.76. The first kappa shape index (κ1) is 20.6. The zero-order valence-electron chi connectivity index (χ0n) is 16.0. The van der Waals surface area contributed by atoms with E-state index in [4.69, 9.17) is 8.54 Å². The first-order valence-corrected chi connectivity index (χ1v) is 17.1. The number of rotatable bonds is 6. The van der Waals surface area contributed by atoms with Gasteiger partial charge in [-0.05, 0) is 51.1 Å². The van der Waals surface area contributed by atoms with Crippen molar-refractivity contribution in [2.75, 3.05) is 0 Å². The van der Waals surface area contributed by atoms with Crippen LogP contribution in [0.5, 0.6) is 0 Å². The molecule has 122 valence electrons. The van der Waals surface area contributed by atoms with Gasteiger partial charge in [0.1, 0.15) is 0 Å². The van der Waals surface area contributed by atoms with Crippen LogP contribution in [-0.2, 0) is 8.54 Å². The molecule has 0 aromatic rings. The summed E-state index contributed by atoms with van der Waals surface area (Å²) in [7, 11) is -5.24. The third-order valence-corrected chi connectivity index (χ3v) is 17.3. The summed E-state index contributed by atoms with van der Waals surface area (Å²) in [6.07, 6.45) is 1.06. The highest BCUT2D eigenvalue weighted by Crippen LogP contribution is 2.46. The second-order valence-electron chi connectivity index (χ2n) is 9.18.